The number of rotatable bonds is 2. The number of anilines is 2. The average molecular weight is 289 g/mol. The Balaban J connectivity index is 2.12. The topological polar surface area (TPSA) is 81.1 Å². The summed E-state index contributed by atoms with van der Waals surface area (Å²) < 4.78 is 0. The van der Waals surface area contributed by atoms with E-state index in [1.807, 2.05) is 0 Å². The second-order valence-electron chi connectivity index (χ2n) is 7.97. The monoisotopic (exact) mass is 289 g/mol. The lowest BCUT2D eigenvalue weighted by molar-refractivity contribution is 0.0713. The van der Waals surface area contributed by atoms with Crippen molar-refractivity contribution in [1.82, 2.24) is 5.32 Å². The maximum atomic E-state index is 12.4. The van der Waals surface area contributed by atoms with Gasteiger partial charge in [0.2, 0.25) is 0 Å². The molecule has 2 rings (SSSR count). The molecular weight excluding hydrogens is 262 g/mol. The van der Waals surface area contributed by atoms with Crippen LogP contribution in [0.2, 0.25) is 0 Å². The number of carbonyl (C=O) groups is 1. The van der Waals surface area contributed by atoms with Gasteiger partial charge in [0.15, 0.2) is 0 Å². The molecule has 1 aromatic rings. The Bertz CT molecular complexity index is 513. The summed E-state index contributed by atoms with van der Waals surface area (Å²) in [6.07, 6.45) is 3.18. The Hall–Kier alpha value is -1.71. The molecular formula is C17H27N3O. The number of carbonyl (C=O) groups excluding carboxylic acids is 1. The van der Waals surface area contributed by atoms with Gasteiger partial charge in [-0.05, 0) is 48.3 Å². The third kappa shape index (κ3) is 4.13. The molecule has 0 heterocycles. The molecule has 1 saturated carbocycles. The van der Waals surface area contributed by atoms with E-state index in [9.17, 15) is 4.79 Å². The van der Waals surface area contributed by atoms with Crippen LogP contribution in [-0.4, -0.2) is 11.9 Å². The SMILES string of the molecule is CC1(C)CC(NC(=O)c2cc(N)cc(N)c2)CC(C)(C)C1. The number of amides is 1. The summed E-state index contributed by atoms with van der Waals surface area (Å²) in [5.41, 5.74) is 13.6. The Morgan fingerprint density at radius 1 is 1.05 bits per heavy atom. The van der Waals surface area contributed by atoms with Gasteiger partial charge in [-0.2, -0.15) is 0 Å². The molecule has 1 aliphatic rings. The molecule has 0 aromatic heterocycles. The lowest BCUT2D eigenvalue weighted by Gasteiger charge is -2.45. The van der Waals surface area contributed by atoms with E-state index in [0.29, 0.717) is 16.9 Å². The number of hydrogen-bond acceptors (Lipinski definition) is 3. The number of nitrogens with one attached hydrogen (secondary N) is 1. The summed E-state index contributed by atoms with van der Waals surface area (Å²) in [7, 11) is 0. The van der Waals surface area contributed by atoms with Crippen molar-refractivity contribution in [3.63, 3.8) is 0 Å². The molecule has 0 atom stereocenters. The average Bonchev–Trinajstić information content (AvgIpc) is 2.22. The maximum Gasteiger partial charge on any atom is 0.251 e. The molecule has 4 nitrogen and oxygen atoms in total. The first-order valence-electron chi connectivity index (χ1n) is 7.53. The molecule has 0 radical (unpaired) electrons. The number of benzene rings is 1. The zero-order chi connectivity index (χ0) is 15.8. The fourth-order valence-corrected chi connectivity index (χ4v) is 4.02. The van der Waals surface area contributed by atoms with Crippen LogP contribution in [0.3, 0.4) is 0 Å². The van der Waals surface area contributed by atoms with Crippen LogP contribution in [0.4, 0.5) is 11.4 Å². The van der Waals surface area contributed by atoms with Crippen LogP contribution >= 0.6 is 0 Å². The predicted octanol–water partition coefficient (Wildman–Crippen LogP) is 3.19. The second kappa shape index (κ2) is 5.24. The summed E-state index contributed by atoms with van der Waals surface area (Å²) in [5.74, 6) is -0.0903. The van der Waals surface area contributed by atoms with E-state index in [0.717, 1.165) is 12.8 Å². The number of nitrogen functional groups attached to an aromatic ring is 2. The molecule has 5 N–H and O–H groups in total. The molecule has 0 bridgehead atoms. The highest BCUT2D eigenvalue weighted by molar-refractivity contribution is 5.96. The fraction of sp³-hybridized carbons (Fsp3) is 0.588. The van der Waals surface area contributed by atoms with E-state index in [-0.39, 0.29) is 22.8 Å². The summed E-state index contributed by atoms with van der Waals surface area (Å²) in [5, 5.41) is 3.15. The van der Waals surface area contributed by atoms with Gasteiger partial charge in [0.1, 0.15) is 0 Å². The Labute approximate surface area is 127 Å². The van der Waals surface area contributed by atoms with Crippen molar-refractivity contribution in [2.75, 3.05) is 11.5 Å². The standard InChI is InChI=1S/C17H27N3O/c1-16(2)8-14(9-17(3,4)10-16)20-15(21)11-5-12(18)7-13(19)6-11/h5-7,14H,8-10,18-19H2,1-4H3,(H,20,21). The second-order valence-corrected chi connectivity index (χ2v) is 7.97. The minimum absolute atomic E-state index is 0.0903. The van der Waals surface area contributed by atoms with E-state index >= 15 is 0 Å². The van der Waals surface area contributed by atoms with Gasteiger partial charge < -0.3 is 16.8 Å². The lowest BCUT2D eigenvalue weighted by Crippen LogP contribution is -2.46. The highest BCUT2D eigenvalue weighted by atomic mass is 16.1. The summed E-state index contributed by atoms with van der Waals surface area (Å²) in [6.45, 7) is 9.08. The van der Waals surface area contributed by atoms with Gasteiger partial charge in [-0.25, -0.2) is 0 Å². The molecule has 0 saturated heterocycles. The zero-order valence-electron chi connectivity index (χ0n) is 13.5. The molecule has 0 spiro atoms. The molecule has 0 aliphatic heterocycles. The van der Waals surface area contributed by atoms with Crippen LogP contribution in [-0.2, 0) is 0 Å². The molecule has 116 valence electrons. The summed E-state index contributed by atoms with van der Waals surface area (Å²) in [6, 6.07) is 5.19. The minimum atomic E-state index is -0.0903. The minimum Gasteiger partial charge on any atom is -0.399 e. The van der Waals surface area contributed by atoms with Gasteiger partial charge in [-0.15, -0.1) is 0 Å². The van der Waals surface area contributed by atoms with Gasteiger partial charge >= 0.3 is 0 Å². The summed E-state index contributed by atoms with van der Waals surface area (Å²) >= 11 is 0. The quantitative estimate of drug-likeness (QED) is 0.731. The number of nitrogens with two attached hydrogens (primary N) is 2. The first-order valence-corrected chi connectivity index (χ1v) is 7.53. The third-order valence-electron chi connectivity index (χ3n) is 4.13. The Kier molecular flexibility index (Phi) is 3.91. The van der Waals surface area contributed by atoms with Crippen molar-refractivity contribution in [3.05, 3.63) is 23.8 Å². The Morgan fingerprint density at radius 2 is 1.52 bits per heavy atom. The molecule has 1 aromatic carbocycles. The van der Waals surface area contributed by atoms with Crippen molar-refractivity contribution in [2.24, 2.45) is 10.8 Å². The molecule has 1 fully saturated rings. The van der Waals surface area contributed by atoms with E-state index in [1.54, 1.807) is 18.2 Å². The third-order valence-corrected chi connectivity index (χ3v) is 4.13. The van der Waals surface area contributed by atoms with E-state index in [2.05, 4.69) is 33.0 Å². The molecule has 1 amide bonds. The van der Waals surface area contributed by atoms with Crippen LogP contribution in [0.5, 0.6) is 0 Å². The predicted molar refractivity (Wildman–Crippen MR) is 87.9 cm³/mol. The first-order chi connectivity index (χ1) is 9.56. The van der Waals surface area contributed by atoms with Gasteiger partial charge in [0.05, 0.1) is 0 Å². The van der Waals surface area contributed by atoms with E-state index in [4.69, 9.17) is 11.5 Å². The highest BCUT2D eigenvalue weighted by Gasteiger charge is 2.38. The van der Waals surface area contributed by atoms with Crippen molar-refractivity contribution >= 4 is 17.3 Å². The number of hydrogen-bond donors (Lipinski definition) is 3. The Morgan fingerprint density at radius 3 is 2.00 bits per heavy atom. The van der Waals surface area contributed by atoms with Crippen molar-refractivity contribution in [3.8, 4) is 0 Å². The van der Waals surface area contributed by atoms with Gasteiger partial charge in [-0.1, -0.05) is 27.7 Å². The van der Waals surface area contributed by atoms with Crippen molar-refractivity contribution in [1.29, 1.82) is 0 Å². The maximum absolute atomic E-state index is 12.4. The smallest absolute Gasteiger partial charge is 0.251 e. The summed E-state index contributed by atoms with van der Waals surface area (Å²) in [4.78, 5) is 12.4. The molecule has 1 aliphatic carbocycles. The lowest BCUT2D eigenvalue weighted by atomic mass is 9.63. The van der Waals surface area contributed by atoms with Gasteiger partial charge in [-0.3, -0.25) is 4.79 Å². The van der Waals surface area contributed by atoms with Crippen LogP contribution in [0.25, 0.3) is 0 Å². The van der Waals surface area contributed by atoms with Crippen LogP contribution in [0.15, 0.2) is 18.2 Å². The highest BCUT2D eigenvalue weighted by Crippen LogP contribution is 2.45. The van der Waals surface area contributed by atoms with E-state index < -0.39 is 0 Å². The fourth-order valence-electron chi connectivity index (χ4n) is 4.02. The van der Waals surface area contributed by atoms with Crippen LogP contribution < -0.4 is 16.8 Å². The molecule has 21 heavy (non-hydrogen) atoms. The zero-order valence-corrected chi connectivity index (χ0v) is 13.5. The molecule has 0 unspecified atom stereocenters. The van der Waals surface area contributed by atoms with Crippen molar-refractivity contribution in [2.45, 2.75) is 53.0 Å². The van der Waals surface area contributed by atoms with Gasteiger partial charge in [0.25, 0.3) is 5.91 Å². The van der Waals surface area contributed by atoms with Gasteiger partial charge in [0, 0.05) is 23.0 Å². The largest absolute Gasteiger partial charge is 0.399 e. The molecule has 4 heteroatoms. The first kappa shape index (κ1) is 15.7. The van der Waals surface area contributed by atoms with Crippen LogP contribution in [0.1, 0.15) is 57.3 Å². The van der Waals surface area contributed by atoms with Crippen LogP contribution in [0, 0.1) is 10.8 Å². The normalized spacial score (nSPS) is 21.0. The van der Waals surface area contributed by atoms with Crippen molar-refractivity contribution < 1.29 is 4.79 Å². The van der Waals surface area contributed by atoms with E-state index in [1.165, 1.54) is 6.42 Å².